The summed E-state index contributed by atoms with van der Waals surface area (Å²) >= 11 is 0. The van der Waals surface area contributed by atoms with Gasteiger partial charge in [0, 0.05) is 26.1 Å². The molecule has 1 aliphatic rings. The summed E-state index contributed by atoms with van der Waals surface area (Å²) in [6.07, 6.45) is 0.829. The van der Waals surface area contributed by atoms with E-state index in [1.54, 1.807) is 6.07 Å². The van der Waals surface area contributed by atoms with Crippen molar-refractivity contribution < 1.29 is 17.9 Å². The van der Waals surface area contributed by atoms with Gasteiger partial charge in [-0.15, -0.1) is 0 Å². The minimum atomic E-state index is -3.50. The molecule has 0 unspecified atom stereocenters. The number of ether oxygens (including phenoxy) is 1. The molecule has 3 rings (SSSR count). The van der Waals surface area contributed by atoms with E-state index in [0.717, 1.165) is 16.3 Å². The Bertz CT molecular complexity index is 874. The van der Waals surface area contributed by atoms with Gasteiger partial charge in [-0.1, -0.05) is 12.1 Å². The van der Waals surface area contributed by atoms with Gasteiger partial charge in [0.1, 0.15) is 5.75 Å². The minimum Gasteiger partial charge on any atom is -0.491 e. The van der Waals surface area contributed by atoms with E-state index in [2.05, 4.69) is 5.32 Å². The van der Waals surface area contributed by atoms with Crippen LogP contribution in [0.2, 0.25) is 0 Å². The molecule has 2 aromatic carbocycles. The molecule has 0 saturated carbocycles. The van der Waals surface area contributed by atoms with E-state index < -0.39 is 10.0 Å². The maximum absolute atomic E-state index is 12.4. The van der Waals surface area contributed by atoms with Crippen LogP contribution in [0.4, 0.5) is 5.69 Å². The van der Waals surface area contributed by atoms with Crippen LogP contribution < -0.4 is 10.1 Å². The summed E-state index contributed by atoms with van der Waals surface area (Å²) in [6.45, 7) is 0.610. The van der Waals surface area contributed by atoms with Gasteiger partial charge in [0.2, 0.25) is 10.0 Å². The van der Waals surface area contributed by atoms with E-state index in [1.165, 1.54) is 38.4 Å². The molecule has 126 valence electrons. The molecule has 24 heavy (non-hydrogen) atoms. The fraction of sp³-hybridized carbons (Fsp3) is 0.235. The van der Waals surface area contributed by atoms with Crippen molar-refractivity contribution in [1.29, 1.82) is 0 Å². The lowest BCUT2D eigenvalue weighted by Gasteiger charge is -2.12. The van der Waals surface area contributed by atoms with E-state index in [1.807, 2.05) is 12.1 Å². The summed E-state index contributed by atoms with van der Waals surface area (Å²) in [5.41, 5.74) is 2.07. The molecule has 1 aliphatic heterocycles. The number of hydrogen-bond acceptors (Lipinski definition) is 4. The first-order chi connectivity index (χ1) is 11.4. The van der Waals surface area contributed by atoms with Gasteiger partial charge in [-0.3, -0.25) is 4.79 Å². The van der Waals surface area contributed by atoms with E-state index in [-0.39, 0.29) is 10.8 Å². The maximum Gasteiger partial charge on any atom is 0.255 e. The van der Waals surface area contributed by atoms with Crippen molar-refractivity contribution in [2.24, 2.45) is 0 Å². The fourth-order valence-corrected chi connectivity index (χ4v) is 3.40. The number of carbonyl (C=O) groups is 1. The SMILES string of the molecule is CN(C)S(=O)(=O)c1ccc(C(=O)Nc2cccc3c2OCC3)cc1. The zero-order valence-electron chi connectivity index (χ0n) is 13.4. The van der Waals surface area contributed by atoms with Gasteiger partial charge in [-0.25, -0.2) is 12.7 Å². The highest BCUT2D eigenvalue weighted by Crippen LogP contribution is 2.33. The average Bonchev–Trinajstić information content (AvgIpc) is 3.04. The lowest BCUT2D eigenvalue weighted by molar-refractivity contribution is 0.102. The summed E-state index contributed by atoms with van der Waals surface area (Å²) in [5, 5.41) is 2.82. The van der Waals surface area contributed by atoms with E-state index in [9.17, 15) is 13.2 Å². The van der Waals surface area contributed by atoms with Crippen LogP contribution in [0.15, 0.2) is 47.4 Å². The molecule has 6 nitrogen and oxygen atoms in total. The third kappa shape index (κ3) is 3.00. The third-order valence-corrected chi connectivity index (χ3v) is 5.69. The molecule has 0 spiro atoms. The number of para-hydroxylation sites is 1. The van der Waals surface area contributed by atoms with Crippen LogP contribution in [0.1, 0.15) is 15.9 Å². The molecule has 0 saturated heterocycles. The molecule has 2 aromatic rings. The second-order valence-electron chi connectivity index (χ2n) is 5.66. The van der Waals surface area contributed by atoms with Gasteiger partial charge < -0.3 is 10.1 Å². The summed E-state index contributed by atoms with van der Waals surface area (Å²) in [4.78, 5) is 12.5. The molecule has 0 bridgehead atoms. The molecule has 0 atom stereocenters. The second kappa shape index (κ2) is 6.26. The monoisotopic (exact) mass is 346 g/mol. The Morgan fingerprint density at radius 1 is 1.12 bits per heavy atom. The molecule has 1 heterocycles. The molecule has 0 radical (unpaired) electrons. The number of benzene rings is 2. The Hall–Kier alpha value is -2.38. The predicted molar refractivity (Wildman–Crippen MR) is 90.9 cm³/mol. The average molecular weight is 346 g/mol. The number of anilines is 1. The van der Waals surface area contributed by atoms with Crippen LogP contribution in [0, 0.1) is 0 Å². The smallest absolute Gasteiger partial charge is 0.255 e. The molecule has 0 aliphatic carbocycles. The van der Waals surface area contributed by atoms with Gasteiger partial charge in [-0.2, -0.15) is 0 Å². The topological polar surface area (TPSA) is 75.7 Å². The van der Waals surface area contributed by atoms with E-state index in [0.29, 0.717) is 23.6 Å². The van der Waals surface area contributed by atoms with Crippen LogP contribution in [-0.4, -0.2) is 39.3 Å². The summed E-state index contributed by atoms with van der Waals surface area (Å²) in [6, 6.07) is 11.5. The van der Waals surface area contributed by atoms with Crippen molar-refractivity contribution >= 4 is 21.6 Å². The zero-order chi connectivity index (χ0) is 17.3. The van der Waals surface area contributed by atoms with E-state index in [4.69, 9.17) is 4.74 Å². The number of nitrogens with zero attached hydrogens (tertiary/aromatic N) is 1. The Kier molecular flexibility index (Phi) is 4.29. The lowest BCUT2D eigenvalue weighted by Crippen LogP contribution is -2.22. The Labute approximate surface area is 141 Å². The summed E-state index contributed by atoms with van der Waals surface area (Å²) < 4.78 is 30.8. The normalized spacial score (nSPS) is 13.5. The number of rotatable bonds is 4. The highest BCUT2D eigenvalue weighted by atomic mass is 32.2. The maximum atomic E-state index is 12.4. The van der Waals surface area contributed by atoms with Crippen LogP contribution in [-0.2, 0) is 16.4 Å². The number of carbonyl (C=O) groups excluding carboxylic acids is 1. The van der Waals surface area contributed by atoms with Gasteiger partial charge in [0.15, 0.2) is 0 Å². The van der Waals surface area contributed by atoms with Gasteiger partial charge in [-0.05, 0) is 35.9 Å². The summed E-state index contributed by atoms with van der Waals surface area (Å²) in [5.74, 6) is 0.394. The number of sulfonamides is 1. The van der Waals surface area contributed by atoms with Crippen molar-refractivity contribution in [1.82, 2.24) is 4.31 Å². The minimum absolute atomic E-state index is 0.146. The highest BCUT2D eigenvalue weighted by molar-refractivity contribution is 7.89. The Balaban J connectivity index is 1.81. The number of fused-ring (bicyclic) bond motifs is 1. The molecule has 7 heteroatoms. The number of amides is 1. The first-order valence-corrected chi connectivity index (χ1v) is 8.92. The van der Waals surface area contributed by atoms with Crippen LogP contribution >= 0.6 is 0 Å². The van der Waals surface area contributed by atoms with Crippen LogP contribution in [0.25, 0.3) is 0 Å². The van der Waals surface area contributed by atoms with Crippen molar-refractivity contribution in [3.05, 3.63) is 53.6 Å². The van der Waals surface area contributed by atoms with Crippen molar-refractivity contribution in [2.45, 2.75) is 11.3 Å². The standard InChI is InChI=1S/C17H18N2O4S/c1-19(2)24(21,22)14-8-6-13(7-9-14)17(20)18-15-5-3-4-12-10-11-23-16(12)15/h3-9H,10-11H2,1-2H3,(H,18,20). The highest BCUT2D eigenvalue weighted by Gasteiger charge is 2.19. The van der Waals surface area contributed by atoms with E-state index >= 15 is 0 Å². The van der Waals surface area contributed by atoms with Crippen LogP contribution in [0.3, 0.4) is 0 Å². The Morgan fingerprint density at radius 3 is 2.50 bits per heavy atom. The number of nitrogens with one attached hydrogen (secondary N) is 1. The van der Waals surface area contributed by atoms with Crippen molar-refractivity contribution in [3.63, 3.8) is 0 Å². The van der Waals surface area contributed by atoms with Crippen molar-refractivity contribution in [3.8, 4) is 5.75 Å². The molecule has 0 fully saturated rings. The first-order valence-electron chi connectivity index (χ1n) is 7.48. The van der Waals surface area contributed by atoms with Gasteiger partial charge in [0.05, 0.1) is 17.2 Å². The second-order valence-corrected chi connectivity index (χ2v) is 7.81. The molecule has 1 amide bonds. The predicted octanol–water partition coefficient (Wildman–Crippen LogP) is 2.12. The number of hydrogen-bond donors (Lipinski definition) is 1. The molecular formula is C17H18N2O4S. The van der Waals surface area contributed by atoms with Crippen LogP contribution in [0.5, 0.6) is 5.75 Å². The Morgan fingerprint density at radius 2 is 1.83 bits per heavy atom. The van der Waals surface area contributed by atoms with Gasteiger partial charge >= 0.3 is 0 Å². The summed E-state index contributed by atoms with van der Waals surface area (Å²) in [7, 11) is -0.576. The third-order valence-electron chi connectivity index (χ3n) is 3.86. The zero-order valence-corrected chi connectivity index (χ0v) is 14.3. The molecule has 1 N–H and O–H groups in total. The largest absolute Gasteiger partial charge is 0.491 e. The first kappa shape index (κ1) is 16.5. The molecule has 0 aromatic heterocycles. The lowest BCUT2D eigenvalue weighted by atomic mass is 10.1. The fourth-order valence-electron chi connectivity index (χ4n) is 2.50. The molecular weight excluding hydrogens is 328 g/mol. The van der Waals surface area contributed by atoms with Crippen molar-refractivity contribution in [2.75, 3.05) is 26.0 Å². The van der Waals surface area contributed by atoms with Gasteiger partial charge in [0.25, 0.3) is 5.91 Å². The quantitative estimate of drug-likeness (QED) is 0.920.